The average molecular weight is 408 g/mol. The molecule has 3 unspecified atom stereocenters. The van der Waals surface area contributed by atoms with E-state index in [-0.39, 0.29) is 5.91 Å². The maximum Gasteiger partial charge on any atom is 0.217 e. The highest BCUT2D eigenvalue weighted by atomic mass is 16.6. The third-order valence-electron chi connectivity index (χ3n) is 6.11. The molecule has 2 heterocycles. The molecule has 0 radical (unpaired) electrons. The van der Waals surface area contributed by atoms with Gasteiger partial charge in [0.1, 0.15) is 13.2 Å². The van der Waals surface area contributed by atoms with Crippen LogP contribution in [-0.2, 0) is 4.79 Å². The molecule has 1 amide bonds. The van der Waals surface area contributed by atoms with Gasteiger partial charge in [-0.05, 0) is 61.3 Å². The predicted octanol–water partition coefficient (Wildman–Crippen LogP) is 4.26. The molecule has 0 bridgehead atoms. The third-order valence-corrected chi connectivity index (χ3v) is 6.11. The maximum atomic E-state index is 11.4. The maximum absolute atomic E-state index is 11.4. The van der Waals surface area contributed by atoms with Crippen molar-refractivity contribution in [3.8, 4) is 22.6 Å². The van der Waals surface area contributed by atoms with Gasteiger partial charge in [0.05, 0.1) is 5.69 Å². The van der Waals surface area contributed by atoms with Crippen LogP contribution >= 0.6 is 0 Å². The number of H-pyrrole nitrogens is 1. The van der Waals surface area contributed by atoms with Crippen molar-refractivity contribution in [2.75, 3.05) is 13.2 Å². The van der Waals surface area contributed by atoms with E-state index >= 15 is 0 Å². The Labute approximate surface area is 177 Å². The van der Waals surface area contributed by atoms with Crippen molar-refractivity contribution in [1.29, 1.82) is 0 Å². The summed E-state index contributed by atoms with van der Waals surface area (Å²) in [4.78, 5) is 11.4. The average Bonchev–Trinajstić information content (AvgIpc) is 3.11. The summed E-state index contributed by atoms with van der Waals surface area (Å²) >= 11 is 0. The van der Waals surface area contributed by atoms with E-state index in [0.717, 1.165) is 46.0 Å². The number of nitrogens with zero attached hydrogens (tertiary/aromatic N) is 1. The number of nitrogens with two attached hydrogens (primary N) is 1. The van der Waals surface area contributed by atoms with Crippen LogP contribution in [0, 0.1) is 24.7 Å². The molecule has 2 aliphatic rings. The highest BCUT2D eigenvalue weighted by Gasteiger charge is 2.37. The Kier molecular flexibility index (Phi) is 5.66. The highest BCUT2D eigenvalue weighted by Crippen LogP contribution is 2.45. The fraction of sp³-hybridized carbons (Fsp3) is 0.417. The first-order valence-corrected chi connectivity index (χ1v) is 10.6. The van der Waals surface area contributed by atoms with Gasteiger partial charge in [-0.1, -0.05) is 31.2 Å². The molecule has 1 saturated carbocycles. The van der Waals surface area contributed by atoms with Crippen molar-refractivity contribution in [1.82, 2.24) is 10.2 Å². The monoisotopic (exact) mass is 407 g/mol. The zero-order valence-corrected chi connectivity index (χ0v) is 17.8. The Bertz CT molecular complexity index is 1010. The van der Waals surface area contributed by atoms with E-state index in [2.05, 4.69) is 29.3 Å². The molecule has 1 fully saturated rings. The van der Waals surface area contributed by atoms with Crippen LogP contribution in [0.15, 0.2) is 36.4 Å². The van der Waals surface area contributed by atoms with Gasteiger partial charge in [0.25, 0.3) is 0 Å². The van der Waals surface area contributed by atoms with Gasteiger partial charge in [-0.3, -0.25) is 9.89 Å². The van der Waals surface area contributed by atoms with Crippen LogP contribution in [0.25, 0.3) is 16.7 Å². The van der Waals surface area contributed by atoms with Crippen molar-refractivity contribution < 1.29 is 14.3 Å². The second-order valence-corrected chi connectivity index (χ2v) is 8.27. The lowest BCUT2D eigenvalue weighted by Crippen LogP contribution is -2.36. The predicted molar refractivity (Wildman–Crippen MR) is 117 cm³/mol. The molecule has 3 N–H and O–H groups in total. The van der Waals surface area contributed by atoms with Crippen LogP contribution in [0.2, 0.25) is 0 Å². The van der Waals surface area contributed by atoms with Crippen molar-refractivity contribution in [3.63, 3.8) is 0 Å². The molecule has 1 aliphatic carbocycles. The Balaban J connectivity index is 1.73. The minimum absolute atomic E-state index is 0.231. The second kappa shape index (κ2) is 8.38. The molecule has 6 nitrogen and oxygen atoms in total. The molecule has 30 heavy (non-hydrogen) atoms. The zero-order chi connectivity index (χ0) is 21.3. The summed E-state index contributed by atoms with van der Waals surface area (Å²) in [5.74, 6) is 2.44. The van der Waals surface area contributed by atoms with Crippen molar-refractivity contribution >= 4 is 11.5 Å². The van der Waals surface area contributed by atoms with Crippen LogP contribution < -0.4 is 15.2 Å². The molecular formula is C24H29N3O3. The number of rotatable bonds is 6. The molecular weight excluding hydrogens is 378 g/mol. The van der Waals surface area contributed by atoms with E-state index in [1.54, 1.807) is 0 Å². The Morgan fingerprint density at radius 3 is 2.77 bits per heavy atom. The van der Waals surface area contributed by atoms with E-state index in [1.165, 1.54) is 0 Å². The van der Waals surface area contributed by atoms with Gasteiger partial charge in [0.15, 0.2) is 11.5 Å². The number of aromatic amines is 1. The lowest BCUT2D eigenvalue weighted by molar-refractivity contribution is -0.120. The van der Waals surface area contributed by atoms with Gasteiger partial charge in [-0.15, -0.1) is 0 Å². The Morgan fingerprint density at radius 2 is 2.07 bits per heavy atom. The third kappa shape index (κ3) is 3.86. The molecule has 1 aromatic heterocycles. The van der Waals surface area contributed by atoms with Gasteiger partial charge in [-0.25, -0.2) is 0 Å². The molecule has 1 aromatic carbocycles. The molecule has 6 heteroatoms. The number of carbonyl (C=O) groups is 1. The minimum atomic E-state index is -0.231. The normalized spacial score (nSPS) is 23.4. The zero-order valence-electron chi connectivity index (χ0n) is 17.8. The first-order chi connectivity index (χ1) is 14.5. The largest absolute Gasteiger partial charge is 0.486 e. The summed E-state index contributed by atoms with van der Waals surface area (Å²) in [6.45, 7) is 7.38. The van der Waals surface area contributed by atoms with Gasteiger partial charge < -0.3 is 15.2 Å². The molecule has 4 rings (SSSR count). The quantitative estimate of drug-likeness (QED) is 0.700. The molecule has 1 aliphatic heterocycles. The lowest BCUT2D eigenvalue weighted by atomic mass is 9.63. The Hall–Kier alpha value is -3.02. The van der Waals surface area contributed by atoms with Gasteiger partial charge >= 0.3 is 0 Å². The SMILES string of the molecule is C/C=C\C(=C/C1C(C)CC1CC(N)=O)c1n[nH]c(C)c1-c1ccc2c(c1)OCCO2. The molecule has 158 valence electrons. The number of primary amides is 1. The summed E-state index contributed by atoms with van der Waals surface area (Å²) in [6.07, 6.45) is 7.84. The number of hydrogen-bond donors (Lipinski definition) is 2. The number of ether oxygens (including phenoxy) is 2. The van der Waals surface area contributed by atoms with E-state index in [4.69, 9.17) is 15.2 Å². The van der Waals surface area contributed by atoms with Gasteiger partial charge in [0, 0.05) is 17.7 Å². The van der Waals surface area contributed by atoms with Gasteiger partial charge in [0.2, 0.25) is 5.91 Å². The summed E-state index contributed by atoms with van der Waals surface area (Å²) in [5, 5.41) is 7.79. The van der Waals surface area contributed by atoms with Crippen LogP contribution in [0.3, 0.4) is 0 Å². The summed E-state index contributed by atoms with van der Waals surface area (Å²) in [6, 6.07) is 6.02. The number of carbonyl (C=O) groups excluding carboxylic acids is 1. The van der Waals surface area contributed by atoms with Gasteiger partial charge in [-0.2, -0.15) is 5.10 Å². The fourth-order valence-electron chi connectivity index (χ4n) is 4.63. The summed E-state index contributed by atoms with van der Waals surface area (Å²) < 4.78 is 11.4. The first-order valence-electron chi connectivity index (χ1n) is 10.6. The topological polar surface area (TPSA) is 90.2 Å². The molecule has 2 aromatic rings. The number of aromatic nitrogens is 2. The number of hydrogen-bond acceptors (Lipinski definition) is 4. The number of aryl methyl sites for hydroxylation is 1. The number of allylic oxidation sites excluding steroid dienone is 4. The van der Waals surface area contributed by atoms with Crippen molar-refractivity contribution in [3.05, 3.63) is 47.8 Å². The number of fused-ring (bicyclic) bond motifs is 1. The van der Waals surface area contributed by atoms with Crippen LogP contribution in [0.4, 0.5) is 0 Å². The van der Waals surface area contributed by atoms with Crippen LogP contribution in [0.1, 0.15) is 38.1 Å². The van der Waals surface area contributed by atoms with Crippen LogP contribution in [0.5, 0.6) is 11.5 Å². The fourth-order valence-corrected chi connectivity index (χ4v) is 4.63. The van der Waals surface area contributed by atoms with E-state index in [9.17, 15) is 4.79 Å². The van der Waals surface area contributed by atoms with Crippen molar-refractivity contribution in [2.24, 2.45) is 23.5 Å². The van der Waals surface area contributed by atoms with Crippen LogP contribution in [-0.4, -0.2) is 29.3 Å². The molecule has 0 spiro atoms. The van der Waals surface area contributed by atoms with Crippen molar-refractivity contribution in [2.45, 2.75) is 33.6 Å². The summed E-state index contributed by atoms with van der Waals surface area (Å²) in [5.41, 5.74) is 10.5. The number of amides is 1. The first kappa shape index (κ1) is 20.3. The Morgan fingerprint density at radius 1 is 1.30 bits per heavy atom. The standard InChI is InChI=1S/C24H29N3O3/c1-4-5-17(11-19-14(2)10-18(19)13-22(25)28)24-23(15(3)26-27-24)16-6-7-20-21(12-16)30-9-8-29-20/h4-7,11-12,14,18-19H,8-10,13H2,1-3H3,(H2,25,28)(H,26,27)/b5-4-,17-11+. The highest BCUT2D eigenvalue weighted by molar-refractivity contribution is 5.85. The minimum Gasteiger partial charge on any atom is -0.486 e. The number of benzene rings is 1. The second-order valence-electron chi connectivity index (χ2n) is 8.27. The molecule has 0 saturated heterocycles. The van der Waals surface area contributed by atoms with E-state index in [1.807, 2.05) is 38.1 Å². The lowest BCUT2D eigenvalue weighted by Gasteiger charge is -2.41. The van der Waals surface area contributed by atoms with E-state index in [0.29, 0.717) is 37.4 Å². The molecule has 3 atom stereocenters. The number of nitrogens with one attached hydrogen (secondary N) is 1. The summed E-state index contributed by atoms with van der Waals surface area (Å²) in [7, 11) is 0. The van der Waals surface area contributed by atoms with E-state index < -0.39 is 0 Å². The smallest absolute Gasteiger partial charge is 0.217 e.